The number of primary amides is 1. The molecule has 0 radical (unpaired) electrons. The summed E-state index contributed by atoms with van der Waals surface area (Å²) in [6, 6.07) is 0.936. The highest BCUT2D eigenvalue weighted by molar-refractivity contribution is 5.85. The number of ether oxygens (including phenoxy) is 2. The average Bonchev–Trinajstić information content (AvgIpc) is 2.29. The number of hydrogen-bond donors (Lipinski definition) is 2. The van der Waals surface area contributed by atoms with Gasteiger partial charge in [0.2, 0.25) is 5.43 Å². The number of aromatic carboxylic acids is 1. The zero-order valence-corrected chi connectivity index (χ0v) is 9.58. The molecule has 1 aromatic heterocycles. The molecule has 98 valence electrons. The van der Waals surface area contributed by atoms with Gasteiger partial charge in [-0.1, -0.05) is 0 Å². The van der Waals surface area contributed by atoms with Crippen molar-refractivity contribution >= 4 is 12.1 Å². The molecule has 8 nitrogen and oxygen atoms in total. The summed E-state index contributed by atoms with van der Waals surface area (Å²) in [4.78, 5) is 32.7. The second-order valence-corrected chi connectivity index (χ2v) is 3.26. The quantitative estimate of drug-likeness (QED) is 0.742. The lowest BCUT2D eigenvalue weighted by Gasteiger charge is -2.11. The van der Waals surface area contributed by atoms with Crippen LogP contribution in [-0.2, 0) is 11.3 Å². The standard InChI is InChI=1S/C10H12N2O6/c1-17-8-5-12(2-3-18-10(11)16)6(9(14)15)4-7(8)13/h4-5H,2-3H2,1H3,(H2,11,16)(H,14,15). The number of aromatic nitrogens is 1. The molecular weight excluding hydrogens is 244 g/mol. The first-order valence-electron chi connectivity index (χ1n) is 4.89. The number of nitrogens with two attached hydrogens (primary N) is 1. The summed E-state index contributed by atoms with van der Waals surface area (Å²) in [5.74, 6) is -1.27. The number of carbonyl (C=O) groups is 2. The second-order valence-electron chi connectivity index (χ2n) is 3.26. The maximum Gasteiger partial charge on any atom is 0.404 e. The zero-order chi connectivity index (χ0) is 13.7. The van der Waals surface area contributed by atoms with Gasteiger partial charge in [-0.2, -0.15) is 0 Å². The van der Waals surface area contributed by atoms with E-state index >= 15 is 0 Å². The SMILES string of the molecule is COc1cn(CCOC(N)=O)c(C(=O)O)cc1=O. The van der Waals surface area contributed by atoms with Gasteiger partial charge in [0.1, 0.15) is 12.3 Å². The Hall–Kier alpha value is -2.51. The molecule has 0 aliphatic heterocycles. The molecule has 1 aromatic rings. The number of carboxylic acids is 1. The molecule has 0 atom stereocenters. The van der Waals surface area contributed by atoms with Gasteiger partial charge in [-0.05, 0) is 0 Å². The smallest absolute Gasteiger partial charge is 0.404 e. The molecule has 0 fully saturated rings. The van der Waals surface area contributed by atoms with Gasteiger partial charge in [-0.15, -0.1) is 0 Å². The molecule has 0 saturated heterocycles. The van der Waals surface area contributed by atoms with Gasteiger partial charge in [-0.25, -0.2) is 9.59 Å². The molecule has 0 aliphatic carbocycles. The van der Waals surface area contributed by atoms with Crippen molar-refractivity contribution in [2.45, 2.75) is 6.54 Å². The monoisotopic (exact) mass is 256 g/mol. The van der Waals surface area contributed by atoms with Crippen molar-refractivity contribution < 1.29 is 24.2 Å². The molecule has 0 bridgehead atoms. The lowest BCUT2D eigenvalue weighted by molar-refractivity contribution is 0.0682. The highest BCUT2D eigenvalue weighted by atomic mass is 16.5. The Balaban J connectivity index is 3.02. The van der Waals surface area contributed by atoms with E-state index in [0.29, 0.717) is 0 Å². The second kappa shape index (κ2) is 5.71. The summed E-state index contributed by atoms with van der Waals surface area (Å²) < 4.78 is 10.5. The predicted octanol–water partition coefficient (Wildman–Crippen LogP) is -0.350. The van der Waals surface area contributed by atoms with Crippen LogP contribution in [0, 0.1) is 0 Å². The van der Waals surface area contributed by atoms with E-state index in [1.54, 1.807) is 0 Å². The Kier molecular flexibility index (Phi) is 4.30. The third kappa shape index (κ3) is 3.24. The van der Waals surface area contributed by atoms with Gasteiger partial charge in [0, 0.05) is 6.07 Å². The number of pyridine rings is 1. The highest BCUT2D eigenvalue weighted by Gasteiger charge is 2.13. The third-order valence-electron chi connectivity index (χ3n) is 2.11. The Labute approximate surface area is 102 Å². The van der Waals surface area contributed by atoms with Gasteiger partial charge >= 0.3 is 12.1 Å². The summed E-state index contributed by atoms with van der Waals surface area (Å²) in [5, 5.41) is 8.93. The van der Waals surface area contributed by atoms with Crippen molar-refractivity contribution in [2.24, 2.45) is 5.73 Å². The van der Waals surface area contributed by atoms with E-state index in [1.165, 1.54) is 17.9 Å². The highest BCUT2D eigenvalue weighted by Crippen LogP contribution is 2.06. The molecule has 18 heavy (non-hydrogen) atoms. The van der Waals surface area contributed by atoms with Crippen molar-refractivity contribution in [3.8, 4) is 5.75 Å². The van der Waals surface area contributed by atoms with Crippen LogP contribution in [0.25, 0.3) is 0 Å². The van der Waals surface area contributed by atoms with Crippen molar-refractivity contribution in [2.75, 3.05) is 13.7 Å². The molecule has 3 N–H and O–H groups in total. The molecular formula is C10H12N2O6. The minimum atomic E-state index is -1.27. The van der Waals surface area contributed by atoms with Crippen LogP contribution in [0.4, 0.5) is 4.79 Å². The van der Waals surface area contributed by atoms with E-state index in [1.807, 2.05) is 0 Å². The van der Waals surface area contributed by atoms with Gasteiger partial charge in [-0.3, -0.25) is 4.79 Å². The van der Waals surface area contributed by atoms with Gasteiger partial charge in [0.15, 0.2) is 5.75 Å². The van der Waals surface area contributed by atoms with E-state index in [-0.39, 0.29) is 24.6 Å². The maximum atomic E-state index is 11.4. The lowest BCUT2D eigenvalue weighted by Crippen LogP contribution is -2.22. The molecule has 1 amide bonds. The summed E-state index contributed by atoms with van der Waals surface area (Å²) in [6.45, 7) is -0.0666. The van der Waals surface area contributed by atoms with Crippen LogP contribution in [0.5, 0.6) is 5.75 Å². The number of nitrogens with zero attached hydrogens (tertiary/aromatic N) is 1. The number of carbonyl (C=O) groups excluding carboxylic acids is 1. The van der Waals surface area contributed by atoms with Crippen molar-refractivity contribution in [1.29, 1.82) is 0 Å². The minimum Gasteiger partial charge on any atom is -0.491 e. The van der Waals surface area contributed by atoms with Crippen LogP contribution in [-0.4, -0.2) is 35.5 Å². The van der Waals surface area contributed by atoms with E-state index < -0.39 is 17.5 Å². The molecule has 1 rings (SSSR count). The van der Waals surface area contributed by atoms with Gasteiger partial charge < -0.3 is 24.9 Å². The molecule has 0 aliphatic rings. The average molecular weight is 256 g/mol. The number of methoxy groups -OCH3 is 1. The molecule has 0 aromatic carbocycles. The van der Waals surface area contributed by atoms with Crippen LogP contribution in [0.15, 0.2) is 17.1 Å². The Morgan fingerprint density at radius 3 is 2.67 bits per heavy atom. The fourth-order valence-corrected chi connectivity index (χ4v) is 1.32. The van der Waals surface area contributed by atoms with E-state index in [4.69, 9.17) is 15.6 Å². The Morgan fingerprint density at radius 1 is 1.50 bits per heavy atom. The first-order chi connectivity index (χ1) is 8.45. The Bertz CT molecular complexity index is 522. The van der Waals surface area contributed by atoms with E-state index in [2.05, 4.69) is 4.74 Å². The lowest BCUT2D eigenvalue weighted by atomic mass is 10.3. The van der Waals surface area contributed by atoms with Crippen LogP contribution in [0.2, 0.25) is 0 Å². The number of rotatable bonds is 5. The first kappa shape index (κ1) is 13.6. The minimum absolute atomic E-state index is 0.000856. The van der Waals surface area contributed by atoms with Crippen molar-refractivity contribution in [3.63, 3.8) is 0 Å². The van der Waals surface area contributed by atoms with Crippen LogP contribution in [0.1, 0.15) is 10.5 Å². The molecule has 0 unspecified atom stereocenters. The number of amides is 1. The summed E-state index contributed by atoms with van der Waals surface area (Å²) in [5.41, 5.74) is 4.01. The largest absolute Gasteiger partial charge is 0.491 e. The predicted molar refractivity (Wildman–Crippen MR) is 59.7 cm³/mol. The number of carboxylic acid groups (broad SMARTS) is 1. The van der Waals surface area contributed by atoms with Gasteiger partial charge in [0.05, 0.1) is 19.9 Å². The summed E-state index contributed by atoms with van der Waals surface area (Å²) >= 11 is 0. The first-order valence-corrected chi connectivity index (χ1v) is 4.89. The Morgan fingerprint density at radius 2 is 2.17 bits per heavy atom. The van der Waals surface area contributed by atoms with Crippen LogP contribution in [0.3, 0.4) is 0 Å². The molecule has 1 heterocycles. The third-order valence-corrected chi connectivity index (χ3v) is 2.11. The van der Waals surface area contributed by atoms with Crippen molar-refractivity contribution in [3.05, 3.63) is 28.2 Å². The molecule has 0 spiro atoms. The van der Waals surface area contributed by atoms with Gasteiger partial charge in [0.25, 0.3) is 0 Å². The van der Waals surface area contributed by atoms with Crippen molar-refractivity contribution in [1.82, 2.24) is 4.57 Å². The topological polar surface area (TPSA) is 121 Å². The van der Waals surface area contributed by atoms with E-state index in [9.17, 15) is 14.4 Å². The maximum absolute atomic E-state index is 11.4. The summed E-state index contributed by atoms with van der Waals surface area (Å²) in [6.07, 6.45) is 0.274. The van der Waals surface area contributed by atoms with Crippen LogP contribution >= 0.6 is 0 Å². The normalized spacial score (nSPS) is 9.83. The fraction of sp³-hybridized carbons (Fsp3) is 0.300. The molecule has 0 saturated carbocycles. The van der Waals surface area contributed by atoms with E-state index in [0.717, 1.165) is 6.07 Å². The fourth-order valence-electron chi connectivity index (χ4n) is 1.32. The zero-order valence-electron chi connectivity index (χ0n) is 9.58. The number of hydrogen-bond acceptors (Lipinski definition) is 5. The summed E-state index contributed by atoms with van der Waals surface area (Å²) in [7, 11) is 1.29. The van der Waals surface area contributed by atoms with Crippen LogP contribution < -0.4 is 15.9 Å². The molecule has 8 heteroatoms.